The highest BCUT2D eigenvalue weighted by molar-refractivity contribution is 5.10. The van der Waals surface area contributed by atoms with Crippen LogP contribution in [0.25, 0.3) is 0 Å². The predicted octanol–water partition coefficient (Wildman–Crippen LogP) is 3.88. The molecular formula is C13H25N. The fraction of sp³-hybridized carbons (Fsp3) is 0.692. The van der Waals surface area contributed by atoms with E-state index in [0.717, 1.165) is 12.8 Å². The first-order valence-electron chi connectivity index (χ1n) is 5.64. The third kappa shape index (κ3) is 4.50. The van der Waals surface area contributed by atoms with E-state index in [1.165, 1.54) is 11.3 Å². The lowest BCUT2D eigenvalue weighted by molar-refractivity contribution is 0.560. The van der Waals surface area contributed by atoms with Crippen molar-refractivity contribution in [2.24, 2.45) is 5.92 Å². The van der Waals surface area contributed by atoms with Crippen LogP contribution >= 0.6 is 0 Å². The van der Waals surface area contributed by atoms with Gasteiger partial charge in [0.2, 0.25) is 0 Å². The molecular weight excluding hydrogens is 170 g/mol. The Morgan fingerprint density at radius 3 is 2.21 bits per heavy atom. The number of hydrogen-bond acceptors (Lipinski definition) is 1. The molecule has 14 heavy (non-hydrogen) atoms. The molecule has 0 aromatic carbocycles. The van der Waals surface area contributed by atoms with Crippen LogP contribution in [-0.2, 0) is 0 Å². The van der Waals surface area contributed by atoms with Crippen molar-refractivity contribution >= 4 is 0 Å². The number of allylic oxidation sites excluding steroid dienone is 2. The summed E-state index contributed by atoms with van der Waals surface area (Å²) in [6, 6.07) is 0.426. The highest BCUT2D eigenvalue weighted by Crippen LogP contribution is 2.12. The van der Waals surface area contributed by atoms with E-state index in [-0.39, 0.29) is 0 Å². The van der Waals surface area contributed by atoms with Gasteiger partial charge >= 0.3 is 0 Å². The molecule has 0 rings (SSSR count). The highest BCUT2D eigenvalue weighted by Gasteiger charge is 2.09. The topological polar surface area (TPSA) is 12.0 Å². The summed E-state index contributed by atoms with van der Waals surface area (Å²) >= 11 is 0. The molecule has 0 aliphatic carbocycles. The fourth-order valence-corrected chi connectivity index (χ4v) is 1.46. The van der Waals surface area contributed by atoms with Crippen LogP contribution in [0.2, 0.25) is 0 Å². The molecule has 0 heterocycles. The second kappa shape index (κ2) is 6.69. The zero-order valence-electron chi connectivity index (χ0n) is 10.4. The van der Waals surface area contributed by atoms with Crippen molar-refractivity contribution in [3.8, 4) is 0 Å². The van der Waals surface area contributed by atoms with Gasteiger partial charge in [0.05, 0.1) is 0 Å². The molecule has 0 saturated heterocycles. The molecule has 1 heteroatoms. The van der Waals surface area contributed by atoms with Crippen LogP contribution in [0, 0.1) is 5.92 Å². The first-order chi connectivity index (χ1) is 6.52. The van der Waals surface area contributed by atoms with Gasteiger partial charge in [-0.3, -0.25) is 0 Å². The summed E-state index contributed by atoms with van der Waals surface area (Å²) < 4.78 is 0. The van der Waals surface area contributed by atoms with Crippen LogP contribution in [0.5, 0.6) is 0 Å². The van der Waals surface area contributed by atoms with Crippen LogP contribution in [0.1, 0.15) is 47.5 Å². The zero-order chi connectivity index (χ0) is 11.1. The second-order valence-electron chi connectivity index (χ2n) is 4.17. The lowest BCUT2D eigenvalue weighted by Crippen LogP contribution is -2.30. The van der Waals surface area contributed by atoms with E-state index in [9.17, 15) is 0 Å². The molecule has 0 aromatic heterocycles. The predicted molar refractivity (Wildman–Crippen MR) is 65.2 cm³/mol. The standard InChI is InChI=1S/C13H25N/c1-7-9-13(11(5)6)14-12(8-2)10(3)4/h9,11-12,14H,3,7-8H2,1-2,4-6H3/b13-9+. The first kappa shape index (κ1) is 13.3. The summed E-state index contributed by atoms with van der Waals surface area (Å²) in [6.45, 7) is 14.9. The quantitative estimate of drug-likeness (QED) is 0.634. The molecule has 0 aromatic rings. The average molecular weight is 195 g/mol. The van der Waals surface area contributed by atoms with Crippen LogP contribution in [-0.4, -0.2) is 6.04 Å². The average Bonchev–Trinajstić information content (AvgIpc) is 2.11. The van der Waals surface area contributed by atoms with E-state index in [1.54, 1.807) is 0 Å². The van der Waals surface area contributed by atoms with Gasteiger partial charge in [-0.05, 0) is 25.7 Å². The van der Waals surface area contributed by atoms with Crippen molar-refractivity contribution < 1.29 is 0 Å². The van der Waals surface area contributed by atoms with E-state index in [4.69, 9.17) is 0 Å². The normalized spacial score (nSPS) is 14.3. The highest BCUT2D eigenvalue weighted by atomic mass is 14.9. The van der Waals surface area contributed by atoms with Crippen LogP contribution in [0.15, 0.2) is 23.9 Å². The van der Waals surface area contributed by atoms with Crippen molar-refractivity contribution in [3.63, 3.8) is 0 Å². The minimum Gasteiger partial charge on any atom is -0.382 e. The van der Waals surface area contributed by atoms with Gasteiger partial charge in [-0.2, -0.15) is 0 Å². The maximum Gasteiger partial charge on any atom is 0.0462 e. The Hall–Kier alpha value is -0.720. The van der Waals surface area contributed by atoms with Crippen LogP contribution in [0.3, 0.4) is 0 Å². The Balaban J connectivity index is 4.42. The maximum absolute atomic E-state index is 4.01. The van der Waals surface area contributed by atoms with Crippen molar-refractivity contribution in [1.82, 2.24) is 5.32 Å². The van der Waals surface area contributed by atoms with E-state index in [2.05, 4.69) is 52.6 Å². The van der Waals surface area contributed by atoms with Gasteiger partial charge in [0.1, 0.15) is 0 Å². The third-order valence-electron chi connectivity index (χ3n) is 2.39. The molecule has 1 nitrogen and oxygen atoms in total. The minimum atomic E-state index is 0.426. The van der Waals surface area contributed by atoms with E-state index < -0.39 is 0 Å². The zero-order valence-corrected chi connectivity index (χ0v) is 10.4. The fourth-order valence-electron chi connectivity index (χ4n) is 1.46. The number of hydrogen-bond donors (Lipinski definition) is 1. The van der Waals surface area contributed by atoms with Crippen LogP contribution < -0.4 is 5.32 Å². The van der Waals surface area contributed by atoms with Crippen LogP contribution in [0.4, 0.5) is 0 Å². The Bertz CT molecular complexity index is 201. The molecule has 1 unspecified atom stereocenters. The Morgan fingerprint density at radius 1 is 1.36 bits per heavy atom. The summed E-state index contributed by atoms with van der Waals surface area (Å²) in [5.41, 5.74) is 2.57. The SMILES string of the molecule is C=C(C)C(CC)N/C(=C/CC)C(C)C. The van der Waals surface area contributed by atoms with Gasteiger partial charge in [-0.25, -0.2) is 0 Å². The number of nitrogens with one attached hydrogen (secondary N) is 1. The summed E-state index contributed by atoms with van der Waals surface area (Å²) in [7, 11) is 0. The smallest absolute Gasteiger partial charge is 0.0462 e. The Labute approximate surface area is 89.3 Å². The summed E-state index contributed by atoms with van der Waals surface area (Å²) in [5, 5.41) is 3.57. The third-order valence-corrected chi connectivity index (χ3v) is 2.39. The summed E-state index contributed by atoms with van der Waals surface area (Å²) in [4.78, 5) is 0. The molecule has 1 N–H and O–H groups in total. The molecule has 0 aliphatic rings. The molecule has 0 spiro atoms. The van der Waals surface area contributed by atoms with Crippen molar-refractivity contribution in [2.75, 3.05) is 0 Å². The van der Waals surface area contributed by atoms with Gasteiger partial charge in [-0.15, -0.1) is 0 Å². The van der Waals surface area contributed by atoms with Crippen molar-refractivity contribution in [1.29, 1.82) is 0 Å². The van der Waals surface area contributed by atoms with Gasteiger partial charge in [0.25, 0.3) is 0 Å². The Kier molecular flexibility index (Phi) is 6.35. The van der Waals surface area contributed by atoms with Gasteiger partial charge in [0, 0.05) is 11.7 Å². The van der Waals surface area contributed by atoms with E-state index in [0.29, 0.717) is 12.0 Å². The van der Waals surface area contributed by atoms with Crippen molar-refractivity contribution in [3.05, 3.63) is 23.9 Å². The first-order valence-corrected chi connectivity index (χ1v) is 5.64. The monoisotopic (exact) mass is 195 g/mol. The molecule has 0 aliphatic heterocycles. The summed E-state index contributed by atoms with van der Waals surface area (Å²) in [5.74, 6) is 0.573. The minimum absolute atomic E-state index is 0.426. The summed E-state index contributed by atoms with van der Waals surface area (Å²) in [6.07, 6.45) is 4.46. The van der Waals surface area contributed by atoms with Gasteiger partial charge in [0.15, 0.2) is 0 Å². The van der Waals surface area contributed by atoms with E-state index in [1.807, 2.05) is 0 Å². The lowest BCUT2D eigenvalue weighted by Gasteiger charge is -2.23. The molecule has 0 saturated carbocycles. The second-order valence-corrected chi connectivity index (χ2v) is 4.17. The largest absolute Gasteiger partial charge is 0.382 e. The lowest BCUT2D eigenvalue weighted by atomic mass is 10.0. The Morgan fingerprint density at radius 2 is 1.93 bits per heavy atom. The molecule has 0 fully saturated rings. The maximum atomic E-state index is 4.01. The molecule has 0 radical (unpaired) electrons. The van der Waals surface area contributed by atoms with Gasteiger partial charge < -0.3 is 5.32 Å². The van der Waals surface area contributed by atoms with E-state index >= 15 is 0 Å². The number of rotatable bonds is 6. The van der Waals surface area contributed by atoms with Gasteiger partial charge in [-0.1, -0.05) is 45.9 Å². The molecule has 1 atom stereocenters. The molecule has 82 valence electrons. The van der Waals surface area contributed by atoms with Crippen molar-refractivity contribution in [2.45, 2.75) is 53.5 Å². The molecule has 0 amide bonds. The molecule has 0 bridgehead atoms.